The van der Waals surface area contributed by atoms with E-state index < -0.39 is 0 Å². The molecule has 2 atom stereocenters. The van der Waals surface area contributed by atoms with Crippen LogP contribution in [0.2, 0.25) is 0 Å². The summed E-state index contributed by atoms with van der Waals surface area (Å²) in [6, 6.07) is 0.866. The van der Waals surface area contributed by atoms with E-state index in [9.17, 15) is 0 Å². The molecule has 0 spiro atoms. The van der Waals surface area contributed by atoms with Crippen molar-refractivity contribution in [1.29, 1.82) is 0 Å². The minimum Gasteiger partial charge on any atom is -0.306 e. The van der Waals surface area contributed by atoms with E-state index in [4.69, 9.17) is 0 Å². The fraction of sp³-hybridized carbons (Fsp3) is 0.583. The number of nitrogens with zero attached hydrogens (tertiary/aromatic N) is 1. The summed E-state index contributed by atoms with van der Waals surface area (Å²) in [6.45, 7) is 10.1. The molecule has 0 aliphatic rings. The molecule has 0 saturated heterocycles. The van der Waals surface area contributed by atoms with Gasteiger partial charge in [-0.05, 0) is 33.6 Å². The van der Waals surface area contributed by atoms with Crippen molar-refractivity contribution < 1.29 is 0 Å². The second-order valence-electron chi connectivity index (χ2n) is 3.98. The van der Waals surface area contributed by atoms with Crippen LogP contribution in [-0.2, 0) is 0 Å². The van der Waals surface area contributed by atoms with Gasteiger partial charge in [-0.15, -0.1) is 17.9 Å². The number of allylic oxidation sites excluding steroid dienone is 1. The first-order valence-electron chi connectivity index (χ1n) is 5.42. The van der Waals surface area contributed by atoms with Crippen LogP contribution in [0, 0.1) is 6.92 Å². The molecule has 2 nitrogen and oxygen atoms in total. The summed E-state index contributed by atoms with van der Waals surface area (Å²) in [7, 11) is 0. The van der Waals surface area contributed by atoms with Crippen molar-refractivity contribution in [2.45, 2.75) is 45.7 Å². The number of aryl methyl sites for hydroxylation is 1. The molecule has 1 N–H and O–H groups in total. The SMILES string of the molecule is C=CCC[C@@H](C)N[C@H](C)c1nc(C)cs1. The first-order chi connectivity index (χ1) is 7.13. The van der Waals surface area contributed by atoms with Gasteiger partial charge in [0.25, 0.3) is 0 Å². The lowest BCUT2D eigenvalue weighted by molar-refractivity contribution is 0.457. The van der Waals surface area contributed by atoms with Crippen molar-refractivity contribution in [1.82, 2.24) is 10.3 Å². The Morgan fingerprint density at radius 3 is 2.87 bits per heavy atom. The van der Waals surface area contributed by atoms with Crippen molar-refractivity contribution in [2.75, 3.05) is 0 Å². The van der Waals surface area contributed by atoms with Crippen LogP contribution in [0.1, 0.15) is 43.4 Å². The smallest absolute Gasteiger partial charge is 0.110 e. The fourth-order valence-electron chi connectivity index (χ4n) is 1.52. The van der Waals surface area contributed by atoms with Gasteiger partial charge in [0.05, 0.1) is 6.04 Å². The van der Waals surface area contributed by atoms with Gasteiger partial charge in [-0.1, -0.05) is 6.08 Å². The maximum atomic E-state index is 4.48. The first kappa shape index (κ1) is 12.4. The number of rotatable bonds is 6. The van der Waals surface area contributed by atoms with Gasteiger partial charge in [0.2, 0.25) is 0 Å². The maximum absolute atomic E-state index is 4.48. The highest BCUT2D eigenvalue weighted by Crippen LogP contribution is 2.18. The Morgan fingerprint density at radius 1 is 1.60 bits per heavy atom. The summed E-state index contributed by atoms with van der Waals surface area (Å²) >= 11 is 1.73. The van der Waals surface area contributed by atoms with E-state index in [0.717, 1.165) is 18.5 Å². The Kier molecular flexibility index (Phi) is 4.99. The number of aromatic nitrogens is 1. The van der Waals surface area contributed by atoms with Gasteiger partial charge < -0.3 is 5.32 Å². The quantitative estimate of drug-likeness (QED) is 0.749. The molecule has 0 amide bonds. The summed E-state index contributed by atoms with van der Waals surface area (Å²) < 4.78 is 0. The van der Waals surface area contributed by atoms with E-state index in [-0.39, 0.29) is 0 Å². The zero-order chi connectivity index (χ0) is 11.3. The molecule has 1 aromatic heterocycles. The summed E-state index contributed by atoms with van der Waals surface area (Å²) in [5.41, 5.74) is 1.11. The van der Waals surface area contributed by atoms with Crippen molar-refractivity contribution in [3.05, 3.63) is 28.7 Å². The molecule has 84 valence electrons. The summed E-state index contributed by atoms with van der Waals surface area (Å²) in [5, 5.41) is 6.82. The molecule has 0 fully saturated rings. The molecule has 0 radical (unpaired) electrons. The molecule has 0 saturated carbocycles. The first-order valence-corrected chi connectivity index (χ1v) is 6.30. The highest BCUT2D eigenvalue weighted by molar-refractivity contribution is 7.09. The molecule has 1 heterocycles. The van der Waals surface area contributed by atoms with E-state index in [1.165, 1.54) is 5.01 Å². The summed E-state index contributed by atoms with van der Waals surface area (Å²) in [6.07, 6.45) is 4.17. The predicted molar refractivity (Wildman–Crippen MR) is 67.3 cm³/mol. The van der Waals surface area contributed by atoms with Crippen LogP contribution in [0.4, 0.5) is 0 Å². The van der Waals surface area contributed by atoms with Crippen molar-refractivity contribution in [2.24, 2.45) is 0 Å². The maximum Gasteiger partial charge on any atom is 0.110 e. The molecule has 15 heavy (non-hydrogen) atoms. The lowest BCUT2D eigenvalue weighted by Gasteiger charge is -2.17. The zero-order valence-electron chi connectivity index (χ0n) is 9.79. The number of hydrogen-bond donors (Lipinski definition) is 1. The number of nitrogens with one attached hydrogen (secondary N) is 1. The van der Waals surface area contributed by atoms with E-state index in [1.54, 1.807) is 11.3 Å². The molecule has 0 aliphatic heterocycles. The molecule has 0 aromatic carbocycles. The summed E-state index contributed by atoms with van der Waals surface area (Å²) in [4.78, 5) is 4.48. The van der Waals surface area contributed by atoms with Gasteiger partial charge >= 0.3 is 0 Å². The fourth-order valence-corrected chi connectivity index (χ4v) is 2.33. The minimum absolute atomic E-state index is 0.350. The Morgan fingerprint density at radius 2 is 2.33 bits per heavy atom. The van der Waals surface area contributed by atoms with Gasteiger partial charge in [-0.25, -0.2) is 4.98 Å². The summed E-state index contributed by atoms with van der Waals surface area (Å²) in [5.74, 6) is 0. The van der Waals surface area contributed by atoms with Gasteiger partial charge in [-0.2, -0.15) is 0 Å². The highest BCUT2D eigenvalue weighted by Gasteiger charge is 2.11. The van der Waals surface area contributed by atoms with E-state index >= 15 is 0 Å². The molecule has 1 aromatic rings. The normalized spacial score (nSPS) is 14.9. The zero-order valence-corrected chi connectivity index (χ0v) is 10.6. The van der Waals surface area contributed by atoms with Crippen LogP contribution in [0.5, 0.6) is 0 Å². The van der Waals surface area contributed by atoms with Gasteiger partial charge in [0.15, 0.2) is 0 Å². The number of thiazole rings is 1. The van der Waals surface area contributed by atoms with Crippen molar-refractivity contribution in [3.8, 4) is 0 Å². The molecular weight excluding hydrogens is 204 g/mol. The van der Waals surface area contributed by atoms with Crippen LogP contribution in [0.25, 0.3) is 0 Å². The Bertz CT molecular complexity index is 306. The molecule has 3 heteroatoms. The average molecular weight is 224 g/mol. The third-order valence-corrected chi connectivity index (χ3v) is 3.49. The van der Waals surface area contributed by atoms with E-state index in [1.807, 2.05) is 13.0 Å². The lowest BCUT2D eigenvalue weighted by Crippen LogP contribution is -2.28. The molecular formula is C12H20N2S. The third-order valence-electron chi connectivity index (χ3n) is 2.35. The van der Waals surface area contributed by atoms with Crippen LogP contribution >= 0.6 is 11.3 Å². The van der Waals surface area contributed by atoms with Crippen LogP contribution < -0.4 is 5.32 Å². The largest absolute Gasteiger partial charge is 0.306 e. The lowest BCUT2D eigenvalue weighted by atomic mass is 10.1. The Hall–Kier alpha value is -0.670. The minimum atomic E-state index is 0.350. The topological polar surface area (TPSA) is 24.9 Å². The standard InChI is InChI=1S/C12H20N2S/c1-5-6-7-9(2)13-11(4)12-14-10(3)8-15-12/h5,8-9,11,13H,1,6-7H2,2-4H3/t9-,11-/m1/s1. The predicted octanol–water partition coefficient (Wildman–Crippen LogP) is 3.46. The second-order valence-corrected chi connectivity index (χ2v) is 4.87. The van der Waals surface area contributed by atoms with Crippen molar-refractivity contribution in [3.63, 3.8) is 0 Å². The van der Waals surface area contributed by atoms with Gasteiger partial charge in [0, 0.05) is 17.1 Å². The van der Waals surface area contributed by atoms with E-state index in [2.05, 4.69) is 36.1 Å². The Labute approximate surface area is 96.4 Å². The van der Waals surface area contributed by atoms with Crippen LogP contribution in [0.15, 0.2) is 18.0 Å². The molecule has 0 unspecified atom stereocenters. The molecule has 1 rings (SSSR count). The number of hydrogen-bond acceptors (Lipinski definition) is 3. The molecule has 0 bridgehead atoms. The van der Waals surface area contributed by atoms with Crippen molar-refractivity contribution >= 4 is 11.3 Å². The Balaban J connectivity index is 2.41. The highest BCUT2D eigenvalue weighted by atomic mass is 32.1. The average Bonchev–Trinajstić information content (AvgIpc) is 2.61. The van der Waals surface area contributed by atoms with Gasteiger partial charge in [-0.3, -0.25) is 0 Å². The van der Waals surface area contributed by atoms with Crippen LogP contribution in [-0.4, -0.2) is 11.0 Å². The monoisotopic (exact) mass is 224 g/mol. The second kappa shape index (κ2) is 6.03. The molecule has 0 aliphatic carbocycles. The van der Waals surface area contributed by atoms with E-state index in [0.29, 0.717) is 12.1 Å². The van der Waals surface area contributed by atoms with Crippen LogP contribution in [0.3, 0.4) is 0 Å². The third kappa shape index (κ3) is 4.14. The van der Waals surface area contributed by atoms with Gasteiger partial charge in [0.1, 0.15) is 5.01 Å².